The highest BCUT2D eigenvalue weighted by Crippen LogP contribution is 2.30. The van der Waals surface area contributed by atoms with Crippen LogP contribution in [0.2, 0.25) is 0 Å². The summed E-state index contributed by atoms with van der Waals surface area (Å²) in [5.74, 6) is 0.161. The van der Waals surface area contributed by atoms with Crippen LogP contribution in [0.4, 0.5) is 5.69 Å². The summed E-state index contributed by atoms with van der Waals surface area (Å²) in [6, 6.07) is 8.08. The van der Waals surface area contributed by atoms with Crippen LogP contribution in [0.25, 0.3) is 0 Å². The molecule has 2 aliphatic rings. The van der Waals surface area contributed by atoms with E-state index in [1.54, 1.807) is 4.90 Å². The predicted molar refractivity (Wildman–Crippen MR) is 67.8 cm³/mol. The van der Waals surface area contributed by atoms with E-state index in [9.17, 15) is 4.79 Å². The van der Waals surface area contributed by atoms with Gasteiger partial charge in [0.2, 0.25) is 5.91 Å². The highest BCUT2D eigenvalue weighted by atomic mass is 16.2. The molecule has 0 aliphatic carbocycles. The minimum atomic E-state index is -0.0178. The van der Waals surface area contributed by atoms with Crippen LogP contribution in [0.3, 0.4) is 0 Å². The molecule has 2 heterocycles. The standard InChI is InChI=1S/C14H15N3O/c15-10-16-7-5-12(9-16)14(18)17-8-6-11-3-1-2-4-13(11)17/h1-4,12H,5-9H2. The molecule has 1 saturated heterocycles. The molecule has 1 amide bonds. The van der Waals surface area contributed by atoms with Gasteiger partial charge in [-0.3, -0.25) is 4.79 Å². The summed E-state index contributed by atoms with van der Waals surface area (Å²) in [7, 11) is 0. The number of amides is 1. The van der Waals surface area contributed by atoms with Crippen molar-refractivity contribution in [2.45, 2.75) is 12.8 Å². The summed E-state index contributed by atoms with van der Waals surface area (Å²) < 4.78 is 0. The number of carbonyl (C=O) groups is 1. The molecule has 0 saturated carbocycles. The fraction of sp³-hybridized carbons (Fsp3) is 0.429. The van der Waals surface area contributed by atoms with Crippen molar-refractivity contribution >= 4 is 11.6 Å². The molecule has 1 unspecified atom stereocenters. The molecule has 1 aromatic carbocycles. The van der Waals surface area contributed by atoms with Gasteiger partial charge in [-0.2, -0.15) is 5.26 Å². The molecule has 0 radical (unpaired) electrons. The zero-order valence-corrected chi connectivity index (χ0v) is 10.2. The number of hydrogen-bond acceptors (Lipinski definition) is 3. The summed E-state index contributed by atoms with van der Waals surface area (Å²) in [6.45, 7) is 2.07. The monoisotopic (exact) mass is 241 g/mol. The summed E-state index contributed by atoms with van der Waals surface area (Å²) in [6.07, 6.45) is 3.86. The molecular weight excluding hydrogens is 226 g/mol. The Morgan fingerprint density at radius 1 is 1.33 bits per heavy atom. The normalized spacial score (nSPS) is 21.8. The molecule has 4 nitrogen and oxygen atoms in total. The fourth-order valence-corrected chi connectivity index (χ4v) is 2.84. The molecule has 3 rings (SSSR count). The number of benzene rings is 1. The third-order valence-corrected chi connectivity index (χ3v) is 3.83. The lowest BCUT2D eigenvalue weighted by molar-refractivity contribution is -0.121. The van der Waals surface area contributed by atoms with Crippen molar-refractivity contribution in [3.8, 4) is 6.19 Å². The van der Waals surface area contributed by atoms with E-state index >= 15 is 0 Å². The van der Waals surface area contributed by atoms with Gasteiger partial charge in [0.1, 0.15) is 0 Å². The first-order valence-corrected chi connectivity index (χ1v) is 6.33. The Balaban J connectivity index is 1.78. The molecule has 2 aliphatic heterocycles. The molecule has 0 bridgehead atoms. The minimum absolute atomic E-state index is 0.0178. The molecule has 0 N–H and O–H groups in total. The first-order chi connectivity index (χ1) is 8.79. The SMILES string of the molecule is N#CN1CCC(C(=O)N2CCc3ccccc32)C1. The van der Waals surface area contributed by atoms with Crippen LogP contribution < -0.4 is 4.90 Å². The van der Waals surface area contributed by atoms with Gasteiger partial charge in [-0.25, -0.2) is 0 Å². The second kappa shape index (κ2) is 4.34. The van der Waals surface area contributed by atoms with Gasteiger partial charge < -0.3 is 9.80 Å². The maximum atomic E-state index is 12.5. The van der Waals surface area contributed by atoms with E-state index in [1.807, 2.05) is 23.1 Å². The van der Waals surface area contributed by atoms with Gasteiger partial charge in [0.15, 0.2) is 6.19 Å². The van der Waals surface area contributed by atoms with Crippen molar-refractivity contribution in [3.05, 3.63) is 29.8 Å². The Kier molecular flexibility index (Phi) is 2.67. The Labute approximate surface area is 106 Å². The third kappa shape index (κ3) is 1.72. The predicted octanol–water partition coefficient (Wildman–Crippen LogP) is 1.38. The molecule has 1 aromatic rings. The van der Waals surface area contributed by atoms with Crippen molar-refractivity contribution in [1.29, 1.82) is 5.26 Å². The van der Waals surface area contributed by atoms with Gasteiger partial charge in [-0.15, -0.1) is 0 Å². The number of nitrogens with zero attached hydrogens (tertiary/aromatic N) is 3. The largest absolute Gasteiger partial charge is 0.312 e. The Morgan fingerprint density at radius 3 is 2.94 bits per heavy atom. The van der Waals surface area contributed by atoms with E-state index in [1.165, 1.54) is 5.56 Å². The highest BCUT2D eigenvalue weighted by molar-refractivity contribution is 5.97. The van der Waals surface area contributed by atoms with Crippen molar-refractivity contribution in [2.75, 3.05) is 24.5 Å². The number of rotatable bonds is 1. The van der Waals surface area contributed by atoms with Crippen LogP contribution in [-0.4, -0.2) is 30.4 Å². The van der Waals surface area contributed by atoms with Crippen molar-refractivity contribution < 1.29 is 4.79 Å². The van der Waals surface area contributed by atoms with Crippen LogP contribution in [0.15, 0.2) is 24.3 Å². The zero-order valence-electron chi connectivity index (χ0n) is 10.2. The number of carbonyl (C=O) groups excluding carboxylic acids is 1. The molecular formula is C14H15N3O. The molecule has 0 aromatic heterocycles. The molecule has 92 valence electrons. The molecule has 4 heteroatoms. The number of hydrogen-bond donors (Lipinski definition) is 0. The number of para-hydroxylation sites is 1. The van der Waals surface area contributed by atoms with E-state index in [2.05, 4.69) is 12.3 Å². The Hall–Kier alpha value is -2.02. The number of anilines is 1. The quantitative estimate of drug-likeness (QED) is 0.698. The van der Waals surface area contributed by atoms with Crippen molar-refractivity contribution in [1.82, 2.24) is 4.90 Å². The summed E-state index contributed by atoms with van der Waals surface area (Å²) in [4.78, 5) is 16.0. The van der Waals surface area contributed by atoms with Gasteiger partial charge in [0.25, 0.3) is 0 Å². The first-order valence-electron chi connectivity index (χ1n) is 6.33. The van der Waals surface area contributed by atoms with Gasteiger partial charge in [0, 0.05) is 25.3 Å². The number of nitriles is 1. The average Bonchev–Trinajstić information content (AvgIpc) is 3.04. The Morgan fingerprint density at radius 2 is 2.17 bits per heavy atom. The highest BCUT2D eigenvalue weighted by Gasteiger charge is 2.34. The first kappa shape index (κ1) is 11.1. The maximum Gasteiger partial charge on any atom is 0.231 e. The van der Waals surface area contributed by atoms with Crippen molar-refractivity contribution in [2.24, 2.45) is 5.92 Å². The van der Waals surface area contributed by atoms with Gasteiger partial charge in [-0.1, -0.05) is 18.2 Å². The van der Waals surface area contributed by atoms with Crippen LogP contribution in [0.5, 0.6) is 0 Å². The van der Waals surface area contributed by atoms with Crippen LogP contribution >= 0.6 is 0 Å². The van der Waals surface area contributed by atoms with Crippen LogP contribution in [0, 0.1) is 17.4 Å². The fourth-order valence-electron chi connectivity index (χ4n) is 2.84. The molecule has 0 spiro atoms. The molecule has 1 fully saturated rings. The smallest absolute Gasteiger partial charge is 0.231 e. The Bertz CT molecular complexity index is 520. The lowest BCUT2D eigenvalue weighted by Crippen LogP contribution is -2.35. The number of fused-ring (bicyclic) bond motifs is 1. The summed E-state index contributed by atoms with van der Waals surface area (Å²) in [5, 5.41) is 8.84. The van der Waals surface area contributed by atoms with E-state index in [0.29, 0.717) is 13.1 Å². The van der Waals surface area contributed by atoms with Crippen LogP contribution in [-0.2, 0) is 11.2 Å². The van der Waals surface area contributed by atoms with E-state index in [4.69, 9.17) is 5.26 Å². The summed E-state index contributed by atoms with van der Waals surface area (Å²) in [5.41, 5.74) is 2.30. The minimum Gasteiger partial charge on any atom is -0.312 e. The van der Waals surface area contributed by atoms with E-state index in [-0.39, 0.29) is 11.8 Å². The number of likely N-dealkylation sites (tertiary alicyclic amines) is 1. The second-order valence-corrected chi connectivity index (χ2v) is 4.90. The molecule has 1 atom stereocenters. The van der Waals surface area contributed by atoms with Gasteiger partial charge in [0.05, 0.1) is 5.92 Å². The molecule has 18 heavy (non-hydrogen) atoms. The maximum absolute atomic E-state index is 12.5. The van der Waals surface area contributed by atoms with Gasteiger partial charge >= 0.3 is 0 Å². The van der Waals surface area contributed by atoms with Crippen LogP contribution in [0.1, 0.15) is 12.0 Å². The topological polar surface area (TPSA) is 47.3 Å². The van der Waals surface area contributed by atoms with E-state index < -0.39 is 0 Å². The van der Waals surface area contributed by atoms with Crippen molar-refractivity contribution in [3.63, 3.8) is 0 Å². The lowest BCUT2D eigenvalue weighted by Gasteiger charge is -2.20. The zero-order chi connectivity index (χ0) is 12.5. The summed E-state index contributed by atoms with van der Waals surface area (Å²) >= 11 is 0. The van der Waals surface area contributed by atoms with E-state index in [0.717, 1.165) is 25.1 Å². The third-order valence-electron chi connectivity index (χ3n) is 3.83. The average molecular weight is 241 g/mol. The lowest BCUT2D eigenvalue weighted by atomic mass is 10.1. The van der Waals surface area contributed by atoms with Gasteiger partial charge in [-0.05, 0) is 24.5 Å². The second-order valence-electron chi connectivity index (χ2n) is 4.90.